The lowest BCUT2D eigenvalue weighted by molar-refractivity contribution is -0.194. The molecular formula is C15H28O6Si. The number of esters is 1. The highest BCUT2D eigenvalue weighted by molar-refractivity contribution is 6.74. The number of carbonyl (C=O) groups is 1. The Balaban J connectivity index is 1.99. The highest BCUT2D eigenvalue weighted by Crippen LogP contribution is 2.39. The number of rotatable bonds is 4. The van der Waals surface area contributed by atoms with Crippen LogP contribution in [0, 0.1) is 0 Å². The summed E-state index contributed by atoms with van der Waals surface area (Å²) in [5.74, 6) is -1.32. The molecule has 0 aromatic heterocycles. The first-order chi connectivity index (χ1) is 9.84. The summed E-state index contributed by atoms with van der Waals surface area (Å²) < 4.78 is 22.5. The Kier molecular flexibility index (Phi) is 4.52. The van der Waals surface area contributed by atoms with Gasteiger partial charge in [0.25, 0.3) is 0 Å². The van der Waals surface area contributed by atoms with Gasteiger partial charge in [0.05, 0.1) is 6.61 Å². The molecule has 3 unspecified atom stereocenters. The number of carbonyl (C=O) groups excluding carboxylic acids is 1. The van der Waals surface area contributed by atoms with E-state index in [0.29, 0.717) is 0 Å². The first-order valence-electron chi connectivity index (χ1n) is 7.72. The Labute approximate surface area is 133 Å². The minimum absolute atomic E-state index is 0.0522. The van der Waals surface area contributed by atoms with Gasteiger partial charge in [0.1, 0.15) is 12.2 Å². The van der Waals surface area contributed by atoms with Gasteiger partial charge in [-0.3, -0.25) is 0 Å². The summed E-state index contributed by atoms with van der Waals surface area (Å²) in [4.78, 5) is 11.8. The van der Waals surface area contributed by atoms with Crippen molar-refractivity contribution in [3.8, 4) is 0 Å². The van der Waals surface area contributed by atoms with E-state index in [-0.39, 0.29) is 11.6 Å². The lowest BCUT2D eigenvalue weighted by Crippen LogP contribution is -2.46. The van der Waals surface area contributed by atoms with Crippen LogP contribution in [0.5, 0.6) is 0 Å². The SMILES string of the molecule is CC1(C)OC2C(=O)O[C@H](C(O)CO[Si](C)(C)C(C)(C)C)C2O1. The third kappa shape index (κ3) is 3.38. The maximum Gasteiger partial charge on any atom is 0.338 e. The van der Waals surface area contributed by atoms with Crippen LogP contribution in [0.3, 0.4) is 0 Å². The molecule has 2 aliphatic rings. The maximum atomic E-state index is 11.8. The second kappa shape index (κ2) is 5.56. The predicted molar refractivity (Wildman–Crippen MR) is 82.9 cm³/mol. The average Bonchev–Trinajstić information content (AvgIpc) is 2.80. The van der Waals surface area contributed by atoms with Crippen LogP contribution in [0.4, 0.5) is 0 Å². The summed E-state index contributed by atoms with van der Waals surface area (Å²) in [5.41, 5.74) is 0. The van der Waals surface area contributed by atoms with E-state index in [1.807, 2.05) is 0 Å². The summed E-state index contributed by atoms with van der Waals surface area (Å²) in [7, 11) is -1.97. The van der Waals surface area contributed by atoms with Crippen LogP contribution >= 0.6 is 0 Å². The van der Waals surface area contributed by atoms with Gasteiger partial charge in [-0.15, -0.1) is 0 Å². The number of hydrogen-bond acceptors (Lipinski definition) is 6. The lowest BCUT2D eigenvalue weighted by atomic mass is 10.1. The molecule has 0 bridgehead atoms. The van der Waals surface area contributed by atoms with Gasteiger partial charge in [-0.05, 0) is 32.0 Å². The van der Waals surface area contributed by atoms with E-state index in [0.717, 1.165) is 0 Å². The Bertz CT molecular complexity index is 442. The van der Waals surface area contributed by atoms with Crippen molar-refractivity contribution < 1.29 is 28.5 Å². The average molecular weight is 332 g/mol. The molecule has 0 aromatic carbocycles. The second-order valence-electron chi connectivity index (χ2n) is 8.06. The zero-order valence-electron chi connectivity index (χ0n) is 14.5. The van der Waals surface area contributed by atoms with Crippen molar-refractivity contribution in [2.24, 2.45) is 0 Å². The minimum Gasteiger partial charge on any atom is -0.455 e. The minimum atomic E-state index is -1.97. The largest absolute Gasteiger partial charge is 0.455 e. The van der Waals surface area contributed by atoms with E-state index < -0.39 is 44.5 Å². The fourth-order valence-electron chi connectivity index (χ4n) is 2.38. The number of fused-ring (bicyclic) bond motifs is 1. The van der Waals surface area contributed by atoms with Crippen molar-refractivity contribution in [2.75, 3.05) is 6.61 Å². The maximum absolute atomic E-state index is 11.8. The number of aliphatic hydroxyl groups excluding tert-OH is 1. The Morgan fingerprint density at radius 1 is 1.32 bits per heavy atom. The molecule has 0 amide bonds. The van der Waals surface area contributed by atoms with E-state index in [2.05, 4.69) is 33.9 Å². The lowest BCUT2D eigenvalue weighted by Gasteiger charge is -2.37. The van der Waals surface area contributed by atoms with Crippen molar-refractivity contribution >= 4 is 14.3 Å². The molecule has 2 aliphatic heterocycles. The molecule has 2 fully saturated rings. The number of hydrogen-bond donors (Lipinski definition) is 1. The first-order valence-corrected chi connectivity index (χ1v) is 10.6. The highest BCUT2D eigenvalue weighted by atomic mass is 28.4. The van der Waals surface area contributed by atoms with Gasteiger partial charge in [-0.1, -0.05) is 20.8 Å². The smallest absolute Gasteiger partial charge is 0.338 e. The van der Waals surface area contributed by atoms with Crippen molar-refractivity contribution in [3.05, 3.63) is 0 Å². The third-order valence-corrected chi connectivity index (χ3v) is 9.24. The van der Waals surface area contributed by atoms with Gasteiger partial charge in [0.15, 0.2) is 26.3 Å². The molecule has 2 heterocycles. The summed E-state index contributed by atoms with van der Waals surface area (Å²) >= 11 is 0. The molecule has 22 heavy (non-hydrogen) atoms. The highest BCUT2D eigenvalue weighted by Gasteiger charge is 2.58. The predicted octanol–water partition coefficient (Wildman–Crippen LogP) is 1.81. The van der Waals surface area contributed by atoms with Crippen LogP contribution in [-0.2, 0) is 23.4 Å². The molecule has 4 atom stereocenters. The monoisotopic (exact) mass is 332 g/mol. The molecule has 2 rings (SSSR count). The number of cyclic esters (lactones) is 1. The van der Waals surface area contributed by atoms with Gasteiger partial charge in [0.2, 0.25) is 0 Å². The van der Waals surface area contributed by atoms with Crippen LogP contribution in [0.25, 0.3) is 0 Å². The van der Waals surface area contributed by atoms with E-state index >= 15 is 0 Å². The summed E-state index contributed by atoms with van der Waals surface area (Å²) in [6.45, 7) is 14.2. The summed E-state index contributed by atoms with van der Waals surface area (Å²) in [5, 5.41) is 10.4. The van der Waals surface area contributed by atoms with Crippen molar-refractivity contribution in [2.45, 2.75) is 83.0 Å². The fraction of sp³-hybridized carbons (Fsp3) is 0.933. The molecule has 0 saturated carbocycles. The van der Waals surface area contributed by atoms with Gasteiger partial charge < -0.3 is 23.7 Å². The first kappa shape index (κ1) is 17.9. The standard InChI is InChI=1S/C15H28O6Si/c1-14(2,3)22(6,7)18-8-9(16)10-11-12(13(17)19-10)21-15(4,5)20-11/h9-12,16H,8H2,1-7H3/t9?,10-,11?,12?/m1/s1. The van der Waals surface area contributed by atoms with Crippen LogP contribution in [-0.4, -0.2) is 56.2 Å². The zero-order valence-corrected chi connectivity index (χ0v) is 15.5. The Morgan fingerprint density at radius 3 is 2.45 bits per heavy atom. The van der Waals surface area contributed by atoms with E-state index in [4.69, 9.17) is 18.6 Å². The number of aliphatic hydroxyl groups is 1. The van der Waals surface area contributed by atoms with Crippen LogP contribution < -0.4 is 0 Å². The van der Waals surface area contributed by atoms with Crippen molar-refractivity contribution in [1.29, 1.82) is 0 Å². The molecule has 0 spiro atoms. The van der Waals surface area contributed by atoms with E-state index in [1.165, 1.54) is 0 Å². The van der Waals surface area contributed by atoms with Crippen LogP contribution in [0.15, 0.2) is 0 Å². The molecule has 0 radical (unpaired) electrons. The van der Waals surface area contributed by atoms with Crippen molar-refractivity contribution in [1.82, 2.24) is 0 Å². The molecule has 1 N–H and O–H groups in total. The summed E-state index contributed by atoms with van der Waals surface area (Å²) in [6.07, 6.45) is -3.02. The van der Waals surface area contributed by atoms with E-state index in [9.17, 15) is 9.90 Å². The molecule has 0 aromatic rings. The van der Waals surface area contributed by atoms with Gasteiger partial charge in [-0.25, -0.2) is 4.79 Å². The van der Waals surface area contributed by atoms with Gasteiger partial charge >= 0.3 is 5.97 Å². The second-order valence-corrected chi connectivity index (χ2v) is 12.9. The molecular weight excluding hydrogens is 304 g/mol. The third-order valence-electron chi connectivity index (χ3n) is 4.74. The number of ether oxygens (including phenoxy) is 3. The van der Waals surface area contributed by atoms with Crippen LogP contribution in [0.1, 0.15) is 34.6 Å². The molecule has 7 heteroatoms. The van der Waals surface area contributed by atoms with Crippen molar-refractivity contribution in [3.63, 3.8) is 0 Å². The zero-order chi connectivity index (χ0) is 16.9. The fourth-order valence-corrected chi connectivity index (χ4v) is 3.40. The summed E-state index contributed by atoms with van der Waals surface area (Å²) in [6, 6.07) is 0. The van der Waals surface area contributed by atoms with Gasteiger partial charge in [-0.2, -0.15) is 0 Å². The Morgan fingerprint density at radius 2 is 1.91 bits per heavy atom. The Hall–Kier alpha value is -0.473. The molecule has 128 valence electrons. The molecule has 2 saturated heterocycles. The molecule has 0 aliphatic carbocycles. The van der Waals surface area contributed by atoms with Gasteiger partial charge in [0, 0.05) is 0 Å². The van der Waals surface area contributed by atoms with Crippen LogP contribution in [0.2, 0.25) is 18.1 Å². The van der Waals surface area contributed by atoms with E-state index in [1.54, 1.807) is 13.8 Å². The quantitative estimate of drug-likeness (QED) is 0.625. The topological polar surface area (TPSA) is 74.2 Å². The molecule has 6 nitrogen and oxygen atoms in total. The normalized spacial score (nSPS) is 32.7.